The molecule has 1 aromatic rings. The second kappa shape index (κ2) is 9.46. The predicted octanol–water partition coefficient (Wildman–Crippen LogP) is 2.66. The van der Waals surface area contributed by atoms with Crippen LogP contribution in [0.25, 0.3) is 0 Å². The van der Waals surface area contributed by atoms with Crippen LogP contribution in [0.5, 0.6) is 5.75 Å². The Morgan fingerprint density at radius 2 is 2.32 bits per heavy atom. The zero-order valence-electron chi connectivity index (χ0n) is 13.6. The quantitative estimate of drug-likeness (QED) is 0.726. The van der Waals surface area contributed by atoms with Crippen molar-refractivity contribution in [2.24, 2.45) is 5.92 Å². The van der Waals surface area contributed by atoms with Crippen molar-refractivity contribution >= 4 is 5.91 Å². The van der Waals surface area contributed by atoms with Crippen LogP contribution in [0.3, 0.4) is 0 Å². The van der Waals surface area contributed by atoms with E-state index >= 15 is 0 Å². The topological polar surface area (TPSA) is 50.4 Å². The predicted molar refractivity (Wildman–Crippen MR) is 89.1 cm³/mol. The number of hydrogen-bond acceptors (Lipinski definition) is 3. The van der Waals surface area contributed by atoms with Crippen molar-refractivity contribution in [2.75, 3.05) is 26.2 Å². The minimum atomic E-state index is 0.168. The molecule has 1 aliphatic rings. The SMILES string of the molecule is Cc1cccc(OCCCCC(=O)NCC2CCCNC2)c1. The number of amides is 1. The van der Waals surface area contributed by atoms with E-state index in [2.05, 4.69) is 23.6 Å². The molecule has 0 aromatic heterocycles. The van der Waals surface area contributed by atoms with Gasteiger partial charge < -0.3 is 15.4 Å². The van der Waals surface area contributed by atoms with Gasteiger partial charge in [-0.25, -0.2) is 0 Å². The highest BCUT2D eigenvalue weighted by atomic mass is 16.5. The van der Waals surface area contributed by atoms with Crippen LogP contribution in [0, 0.1) is 12.8 Å². The normalized spacial score (nSPS) is 18.0. The van der Waals surface area contributed by atoms with Gasteiger partial charge in [-0.1, -0.05) is 12.1 Å². The van der Waals surface area contributed by atoms with Gasteiger partial charge in [0.25, 0.3) is 0 Å². The maximum atomic E-state index is 11.8. The van der Waals surface area contributed by atoms with Gasteiger partial charge in [-0.15, -0.1) is 0 Å². The van der Waals surface area contributed by atoms with E-state index < -0.39 is 0 Å². The smallest absolute Gasteiger partial charge is 0.220 e. The van der Waals surface area contributed by atoms with Crippen LogP contribution in [0.4, 0.5) is 0 Å². The summed E-state index contributed by atoms with van der Waals surface area (Å²) in [6, 6.07) is 8.06. The Morgan fingerprint density at radius 1 is 1.41 bits per heavy atom. The van der Waals surface area contributed by atoms with Crippen LogP contribution in [-0.4, -0.2) is 32.1 Å². The highest BCUT2D eigenvalue weighted by Crippen LogP contribution is 2.13. The summed E-state index contributed by atoms with van der Waals surface area (Å²) in [5.74, 6) is 1.68. The number of carbonyl (C=O) groups excluding carboxylic acids is 1. The lowest BCUT2D eigenvalue weighted by Gasteiger charge is -2.22. The first-order chi connectivity index (χ1) is 10.7. The Morgan fingerprint density at radius 3 is 3.09 bits per heavy atom. The molecule has 4 nitrogen and oxygen atoms in total. The number of unbranched alkanes of at least 4 members (excludes halogenated alkanes) is 1. The summed E-state index contributed by atoms with van der Waals surface area (Å²) in [4.78, 5) is 11.8. The molecule has 4 heteroatoms. The van der Waals surface area contributed by atoms with Crippen molar-refractivity contribution in [2.45, 2.75) is 39.0 Å². The Balaban J connectivity index is 1.50. The van der Waals surface area contributed by atoms with E-state index in [1.807, 2.05) is 18.2 Å². The molecule has 1 heterocycles. The van der Waals surface area contributed by atoms with Crippen molar-refractivity contribution in [1.82, 2.24) is 10.6 Å². The fourth-order valence-corrected chi connectivity index (χ4v) is 2.73. The summed E-state index contributed by atoms with van der Waals surface area (Å²) in [7, 11) is 0. The Kier molecular flexibility index (Phi) is 7.23. The number of hydrogen-bond donors (Lipinski definition) is 2. The summed E-state index contributed by atoms with van der Waals surface area (Å²) in [5.41, 5.74) is 1.20. The van der Waals surface area contributed by atoms with Crippen LogP contribution in [-0.2, 0) is 4.79 Å². The van der Waals surface area contributed by atoms with Gasteiger partial charge in [0.05, 0.1) is 6.61 Å². The molecule has 1 atom stereocenters. The molecular formula is C18H28N2O2. The zero-order valence-corrected chi connectivity index (χ0v) is 13.6. The van der Waals surface area contributed by atoms with Gasteiger partial charge in [0, 0.05) is 13.0 Å². The summed E-state index contributed by atoms with van der Waals surface area (Å²) < 4.78 is 5.68. The molecule has 122 valence electrons. The van der Waals surface area contributed by atoms with Gasteiger partial charge >= 0.3 is 0 Å². The van der Waals surface area contributed by atoms with Crippen molar-refractivity contribution in [3.63, 3.8) is 0 Å². The van der Waals surface area contributed by atoms with E-state index in [4.69, 9.17) is 4.74 Å². The van der Waals surface area contributed by atoms with E-state index in [1.54, 1.807) is 0 Å². The second-order valence-electron chi connectivity index (χ2n) is 6.14. The fraction of sp³-hybridized carbons (Fsp3) is 0.611. The van der Waals surface area contributed by atoms with Crippen LogP contribution in [0.1, 0.15) is 37.7 Å². The number of piperidine rings is 1. The number of nitrogens with one attached hydrogen (secondary N) is 2. The maximum absolute atomic E-state index is 11.8. The second-order valence-corrected chi connectivity index (χ2v) is 6.14. The first-order valence-corrected chi connectivity index (χ1v) is 8.41. The van der Waals surface area contributed by atoms with Crippen molar-refractivity contribution in [1.29, 1.82) is 0 Å². The number of aryl methyl sites for hydroxylation is 1. The summed E-state index contributed by atoms with van der Waals surface area (Å²) in [6.45, 7) is 5.68. The zero-order chi connectivity index (χ0) is 15.6. The molecule has 0 aliphatic carbocycles. The average molecular weight is 304 g/mol. The molecule has 1 saturated heterocycles. The van der Waals surface area contributed by atoms with Gasteiger partial charge in [0.2, 0.25) is 5.91 Å². The lowest BCUT2D eigenvalue weighted by Crippen LogP contribution is -2.38. The maximum Gasteiger partial charge on any atom is 0.220 e. The highest BCUT2D eigenvalue weighted by molar-refractivity contribution is 5.75. The monoisotopic (exact) mass is 304 g/mol. The third-order valence-corrected chi connectivity index (χ3v) is 4.04. The summed E-state index contributed by atoms with van der Waals surface area (Å²) in [6.07, 6.45) is 4.82. The van der Waals surface area contributed by atoms with Crippen molar-refractivity contribution < 1.29 is 9.53 Å². The third-order valence-electron chi connectivity index (χ3n) is 4.04. The third kappa shape index (κ3) is 6.48. The van der Waals surface area contributed by atoms with Gasteiger partial charge in [-0.3, -0.25) is 4.79 Å². The molecular weight excluding hydrogens is 276 g/mol. The molecule has 1 amide bonds. The molecule has 0 bridgehead atoms. The number of ether oxygens (including phenoxy) is 1. The van der Waals surface area contributed by atoms with Crippen LogP contribution in [0.15, 0.2) is 24.3 Å². The number of rotatable bonds is 8. The van der Waals surface area contributed by atoms with E-state index in [9.17, 15) is 4.79 Å². The van der Waals surface area contributed by atoms with E-state index in [1.165, 1.54) is 18.4 Å². The van der Waals surface area contributed by atoms with E-state index in [0.29, 0.717) is 18.9 Å². The minimum Gasteiger partial charge on any atom is -0.494 e. The molecule has 0 spiro atoms. The van der Waals surface area contributed by atoms with Gasteiger partial charge in [0.1, 0.15) is 5.75 Å². The largest absolute Gasteiger partial charge is 0.494 e. The van der Waals surface area contributed by atoms with E-state index in [0.717, 1.165) is 38.2 Å². The molecule has 22 heavy (non-hydrogen) atoms. The van der Waals surface area contributed by atoms with Gasteiger partial charge in [-0.2, -0.15) is 0 Å². The molecule has 1 unspecified atom stereocenters. The lowest BCUT2D eigenvalue weighted by atomic mass is 10.00. The van der Waals surface area contributed by atoms with Crippen LogP contribution in [0.2, 0.25) is 0 Å². The fourth-order valence-electron chi connectivity index (χ4n) is 2.73. The molecule has 2 rings (SSSR count). The molecule has 2 N–H and O–H groups in total. The Hall–Kier alpha value is -1.55. The lowest BCUT2D eigenvalue weighted by molar-refractivity contribution is -0.121. The highest BCUT2D eigenvalue weighted by Gasteiger charge is 2.13. The number of carbonyl (C=O) groups is 1. The van der Waals surface area contributed by atoms with E-state index in [-0.39, 0.29) is 5.91 Å². The van der Waals surface area contributed by atoms with Gasteiger partial charge in [0.15, 0.2) is 0 Å². The summed E-state index contributed by atoms with van der Waals surface area (Å²) in [5, 5.41) is 6.42. The molecule has 0 saturated carbocycles. The van der Waals surface area contributed by atoms with Crippen molar-refractivity contribution in [3.05, 3.63) is 29.8 Å². The first kappa shape index (κ1) is 16.8. The Labute approximate surface area is 133 Å². The standard InChI is InChI=1S/C18H28N2O2/c1-15-6-4-8-17(12-15)22-11-3-2-9-18(21)20-14-16-7-5-10-19-13-16/h4,6,8,12,16,19H,2-3,5,7,9-11,13-14H2,1H3,(H,20,21). The molecule has 1 fully saturated rings. The van der Waals surface area contributed by atoms with Crippen LogP contribution >= 0.6 is 0 Å². The number of benzene rings is 1. The molecule has 0 radical (unpaired) electrons. The minimum absolute atomic E-state index is 0.168. The Bertz CT molecular complexity index is 456. The average Bonchev–Trinajstić information content (AvgIpc) is 2.54. The van der Waals surface area contributed by atoms with Crippen molar-refractivity contribution in [3.8, 4) is 5.75 Å². The molecule has 1 aromatic carbocycles. The van der Waals surface area contributed by atoms with Crippen LogP contribution < -0.4 is 15.4 Å². The molecule has 1 aliphatic heterocycles. The summed E-state index contributed by atoms with van der Waals surface area (Å²) >= 11 is 0. The van der Waals surface area contributed by atoms with Gasteiger partial charge in [-0.05, 0) is 69.3 Å². The first-order valence-electron chi connectivity index (χ1n) is 8.41.